The Bertz CT molecular complexity index is 454. The Hall–Kier alpha value is -1.44. The van der Waals surface area contributed by atoms with Crippen molar-refractivity contribution in [3.63, 3.8) is 0 Å². The fraction of sp³-hybridized carbons (Fsp3) is 0. The van der Waals surface area contributed by atoms with Crippen LogP contribution >= 0.6 is 11.3 Å². The van der Waals surface area contributed by atoms with Gasteiger partial charge in [0.15, 0.2) is 0 Å². The van der Waals surface area contributed by atoms with E-state index in [2.05, 4.69) is 4.99 Å². The predicted octanol–water partition coefficient (Wildman–Crippen LogP) is 2.87. The van der Waals surface area contributed by atoms with E-state index in [9.17, 15) is 4.79 Å². The van der Waals surface area contributed by atoms with E-state index in [1.54, 1.807) is 23.5 Å². The molecule has 2 aromatic rings. The summed E-state index contributed by atoms with van der Waals surface area (Å²) in [5, 5.41) is 3.00. The van der Waals surface area contributed by atoms with Crippen molar-refractivity contribution >= 4 is 33.2 Å². The molecule has 0 atom stereocenters. The monoisotopic (exact) mass is 175 g/mol. The lowest BCUT2D eigenvalue weighted by Gasteiger charge is -1.91. The van der Waals surface area contributed by atoms with Crippen LogP contribution in [0, 0.1) is 0 Å². The minimum atomic E-state index is 0.698. The van der Waals surface area contributed by atoms with Gasteiger partial charge in [-0.25, -0.2) is 4.79 Å². The van der Waals surface area contributed by atoms with Gasteiger partial charge in [-0.1, -0.05) is 6.07 Å². The zero-order valence-corrected chi connectivity index (χ0v) is 6.97. The normalized spacial score (nSPS) is 9.67. The van der Waals surface area contributed by atoms with Crippen LogP contribution in [-0.2, 0) is 4.79 Å². The van der Waals surface area contributed by atoms with Crippen LogP contribution in [0.1, 0.15) is 0 Å². The highest BCUT2D eigenvalue weighted by Gasteiger charge is 1.98. The van der Waals surface area contributed by atoms with E-state index in [-0.39, 0.29) is 0 Å². The number of fused-ring (bicyclic) bond motifs is 1. The number of benzene rings is 1. The molecule has 0 bridgehead atoms. The highest BCUT2D eigenvalue weighted by Crippen LogP contribution is 2.29. The van der Waals surface area contributed by atoms with Gasteiger partial charge in [0.2, 0.25) is 6.08 Å². The van der Waals surface area contributed by atoms with Crippen molar-refractivity contribution in [1.82, 2.24) is 0 Å². The molecule has 0 spiro atoms. The molecule has 0 aliphatic heterocycles. The van der Waals surface area contributed by atoms with Crippen molar-refractivity contribution in [3.8, 4) is 0 Å². The van der Waals surface area contributed by atoms with E-state index in [1.807, 2.05) is 23.6 Å². The number of nitrogens with zero attached hydrogens (tertiary/aromatic N) is 1. The number of hydrogen-bond donors (Lipinski definition) is 0. The van der Waals surface area contributed by atoms with Gasteiger partial charge in [0.25, 0.3) is 0 Å². The zero-order valence-electron chi connectivity index (χ0n) is 6.15. The lowest BCUT2D eigenvalue weighted by molar-refractivity contribution is 0.565. The summed E-state index contributed by atoms with van der Waals surface area (Å²) in [6.45, 7) is 0. The Morgan fingerprint density at radius 2 is 2.25 bits per heavy atom. The smallest absolute Gasteiger partial charge is 0.211 e. The summed E-state index contributed by atoms with van der Waals surface area (Å²) in [6.07, 6.45) is 1.55. The van der Waals surface area contributed by atoms with E-state index < -0.39 is 0 Å². The van der Waals surface area contributed by atoms with Gasteiger partial charge in [-0.3, -0.25) is 0 Å². The molecule has 58 valence electrons. The van der Waals surface area contributed by atoms with Crippen LogP contribution < -0.4 is 0 Å². The maximum atomic E-state index is 10.1. The van der Waals surface area contributed by atoms with Crippen molar-refractivity contribution in [2.45, 2.75) is 0 Å². The second-order valence-electron chi connectivity index (χ2n) is 2.31. The second kappa shape index (κ2) is 2.89. The summed E-state index contributed by atoms with van der Waals surface area (Å²) >= 11 is 1.64. The maximum Gasteiger partial charge on any atom is 0.240 e. The van der Waals surface area contributed by atoms with Crippen LogP contribution in [0.25, 0.3) is 10.1 Å². The first-order valence-corrected chi connectivity index (χ1v) is 4.34. The fourth-order valence-corrected chi connectivity index (χ4v) is 1.93. The van der Waals surface area contributed by atoms with Gasteiger partial charge in [0.05, 0.1) is 5.69 Å². The number of rotatable bonds is 1. The molecule has 0 unspecified atom stereocenters. The van der Waals surface area contributed by atoms with Gasteiger partial charge >= 0.3 is 0 Å². The van der Waals surface area contributed by atoms with Gasteiger partial charge < -0.3 is 0 Å². The SMILES string of the molecule is O=C=Nc1cccc2sccc12. The lowest BCUT2D eigenvalue weighted by Crippen LogP contribution is -1.64. The molecular weight excluding hydrogens is 170 g/mol. The fourth-order valence-electron chi connectivity index (χ4n) is 1.12. The van der Waals surface area contributed by atoms with Crippen LogP contribution in [0.3, 0.4) is 0 Å². The quantitative estimate of drug-likeness (QED) is 0.484. The first-order chi connectivity index (χ1) is 5.92. The van der Waals surface area contributed by atoms with Crippen LogP contribution in [0.5, 0.6) is 0 Å². The molecule has 1 heterocycles. The van der Waals surface area contributed by atoms with Crippen molar-refractivity contribution in [3.05, 3.63) is 29.6 Å². The Labute approximate surface area is 73.2 Å². The van der Waals surface area contributed by atoms with Gasteiger partial charge in [-0.2, -0.15) is 4.99 Å². The third-order valence-corrected chi connectivity index (χ3v) is 2.52. The van der Waals surface area contributed by atoms with Crippen LogP contribution in [0.4, 0.5) is 5.69 Å². The molecule has 1 aromatic carbocycles. The Kier molecular flexibility index (Phi) is 1.74. The number of hydrogen-bond acceptors (Lipinski definition) is 3. The second-order valence-corrected chi connectivity index (χ2v) is 3.26. The molecule has 0 aliphatic carbocycles. The average Bonchev–Trinajstić information content (AvgIpc) is 2.53. The van der Waals surface area contributed by atoms with Crippen molar-refractivity contribution in [2.24, 2.45) is 4.99 Å². The van der Waals surface area contributed by atoms with Gasteiger partial charge in [-0.15, -0.1) is 11.3 Å². The van der Waals surface area contributed by atoms with Gasteiger partial charge in [0, 0.05) is 10.1 Å². The number of isocyanates is 1. The Morgan fingerprint density at radius 3 is 3.08 bits per heavy atom. The summed E-state index contributed by atoms with van der Waals surface area (Å²) in [5.41, 5.74) is 0.698. The van der Waals surface area contributed by atoms with E-state index in [0.717, 1.165) is 10.1 Å². The summed E-state index contributed by atoms with van der Waals surface area (Å²) in [5.74, 6) is 0. The zero-order chi connectivity index (χ0) is 8.39. The minimum Gasteiger partial charge on any atom is -0.211 e. The Morgan fingerprint density at radius 1 is 1.33 bits per heavy atom. The van der Waals surface area contributed by atoms with Gasteiger partial charge in [-0.05, 0) is 23.6 Å². The molecule has 1 aromatic heterocycles. The van der Waals surface area contributed by atoms with Crippen molar-refractivity contribution < 1.29 is 4.79 Å². The first kappa shape index (κ1) is 7.22. The number of aliphatic imine (C=N–C) groups is 1. The summed E-state index contributed by atoms with van der Waals surface area (Å²) in [4.78, 5) is 13.7. The molecule has 3 heteroatoms. The van der Waals surface area contributed by atoms with E-state index in [1.165, 1.54) is 0 Å². The standard InChI is InChI=1S/C9H5NOS/c11-6-10-8-2-1-3-9-7(8)4-5-12-9/h1-5H. The third-order valence-electron chi connectivity index (χ3n) is 1.64. The van der Waals surface area contributed by atoms with Gasteiger partial charge in [0.1, 0.15) is 0 Å². The molecule has 0 saturated heterocycles. The highest BCUT2D eigenvalue weighted by molar-refractivity contribution is 7.17. The molecule has 2 rings (SSSR count). The number of carbonyl (C=O) groups excluding carboxylic acids is 1. The molecule has 0 fully saturated rings. The molecule has 2 nitrogen and oxygen atoms in total. The summed E-state index contributed by atoms with van der Waals surface area (Å²) < 4.78 is 1.14. The first-order valence-electron chi connectivity index (χ1n) is 3.46. The van der Waals surface area contributed by atoms with Crippen molar-refractivity contribution in [2.75, 3.05) is 0 Å². The van der Waals surface area contributed by atoms with Crippen LogP contribution in [-0.4, -0.2) is 6.08 Å². The molecule has 0 radical (unpaired) electrons. The maximum absolute atomic E-state index is 10.1. The number of thiophene rings is 1. The van der Waals surface area contributed by atoms with Crippen LogP contribution in [0.15, 0.2) is 34.6 Å². The Balaban J connectivity index is 2.81. The molecule has 12 heavy (non-hydrogen) atoms. The highest BCUT2D eigenvalue weighted by atomic mass is 32.1. The topological polar surface area (TPSA) is 29.4 Å². The van der Waals surface area contributed by atoms with Crippen LogP contribution in [0.2, 0.25) is 0 Å². The average molecular weight is 175 g/mol. The predicted molar refractivity (Wildman–Crippen MR) is 49.6 cm³/mol. The van der Waals surface area contributed by atoms with E-state index in [0.29, 0.717) is 5.69 Å². The molecule has 0 amide bonds. The van der Waals surface area contributed by atoms with E-state index in [4.69, 9.17) is 0 Å². The van der Waals surface area contributed by atoms with Crippen molar-refractivity contribution in [1.29, 1.82) is 0 Å². The molecule has 0 aliphatic rings. The lowest BCUT2D eigenvalue weighted by atomic mass is 10.2. The van der Waals surface area contributed by atoms with E-state index >= 15 is 0 Å². The largest absolute Gasteiger partial charge is 0.240 e. The summed E-state index contributed by atoms with van der Waals surface area (Å²) in [6, 6.07) is 7.65. The minimum absolute atomic E-state index is 0.698. The molecule has 0 saturated carbocycles. The summed E-state index contributed by atoms with van der Waals surface area (Å²) in [7, 11) is 0. The molecule has 0 N–H and O–H groups in total. The third kappa shape index (κ3) is 1.05. The molecular formula is C9H5NOS.